The highest BCUT2D eigenvalue weighted by Crippen LogP contribution is 2.01. The van der Waals surface area contributed by atoms with Crippen LogP contribution in [0.15, 0.2) is 0 Å². The molecule has 0 saturated heterocycles. The molecule has 0 aliphatic heterocycles. The maximum absolute atomic E-state index is 8.48. The van der Waals surface area contributed by atoms with Gasteiger partial charge in [0.05, 0.1) is 0 Å². The molecule has 0 saturated carbocycles. The smallest absolute Gasteiger partial charge is 0.220 e. The molecule has 0 unspecified atom stereocenters. The van der Waals surface area contributed by atoms with Crippen molar-refractivity contribution in [3.8, 4) is 0 Å². The first-order valence-corrected chi connectivity index (χ1v) is 2.78. The van der Waals surface area contributed by atoms with E-state index < -0.39 is 0 Å². The Morgan fingerprint density at radius 1 is 1.78 bits per heavy atom. The van der Waals surface area contributed by atoms with Crippen molar-refractivity contribution in [3.05, 3.63) is 11.1 Å². The Kier molecular flexibility index (Phi) is 1.68. The Morgan fingerprint density at radius 3 is 2.67 bits per heavy atom. The molecule has 0 bridgehead atoms. The summed E-state index contributed by atoms with van der Waals surface area (Å²) in [5, 5.41) is 12.5. The molecule has 1 rings (SSSR count). The van der Waals surface area contributed by atoms with Gasteiger partial charge in [0.25, 0.3) is 0 Å². The number of aryl methyl sites for hydroxylation is 1. The van der Waals surface area contributed by atoms with E-state index in [9.17, 15) is 0 Å². The Hall–Kier alpha value is -0.610. The number of nitrogens with zero attached hydrogens (tertiary/aromatic N) is 3. The predicted molar refractivity (Wildman–Crippen MR) is 31.9 cm³/mol. The Bertz CT molecular complexity index is 190. The summed E-state index contributed by atoms with van der Waals surface area (Å²) in [5.74, 6) is 0.350. The van der Waals surface area contributed by atoms with E-state index in [4.69, 9.17) is 16.7 Å². The fraction of sp³-hybridized carbons (Fsp3) is 0.500. The van der Waals surface area contributed by atoms with E-state index in [1.165, 1.54) is 4.68 Å². The highest BCUT2D eigenvalue weighted by Gasteiger charge is 2.00. The molecule has 0 amide bonds. The van der Waals surface area contributed by atoms with Crippen molar-refractivity contribution in [3.63, 3.8) is 0 Å². The standard InChI is InChI=1S/C4H6ClN3O/c1-8-4(5)6-3(2-9)7-8/h9H,2H2,1H3. The number of aliphatic hydroxyl groups excluding tert-OH is 1. The van der Waals surface area contributed by atoms with Gasteiger partial charge in [-0.3, -0.25) is 0 Å². The normalized spacial score (nSPS) is 10.1. The molecule has 9 heavy (non-hydrogen) atoms. The van der Waals surface area contributed by atoms with Crippen molar-refractivity contribution in [1.82, 2.24) is 14.8 Å². The first-order valence-electron chi connectivity index (χ1n) is 2.40. The minimum Gasteiger partial charge on any atom is -0.388 e. The minimum atomic E-state index is -0.166. The van der Waals surface area contributed by atoms with Crippen molar-refractivity contribution in [2.24, 2.45) is 7.05 Å². The molecule has 0 spiro atoms. The third-order valence-corrected chi connectivity index (χ3v) is 1.22. The van der Waals surface area contributed by atoms with E-state index in [0.29, 0.717) is 11.1 Å². The SMILES string of the molecule is Cn1nc(CO)nc1Cl. The van der Waals surface area contributed by atoms with E-state index in [-0.39, 0.29) is 6.61 Å². The average Bonchev–Trinajstić information content (AvgIpc) is 2.13. The molecule has 1 N–H and O–H groups in total. The predicted octanol–water partition coefficient (Wildman–Crippen LogP) is -0.0392. The summed E-state index contributed by atoms with van der Waals surface area (Å²) >= 11 is 5.49. The number of aliphatic hydroxyl groups is 1. The van der Waals surface area contributed by atoms with Crippen LogP contribution >= 0.6 is 11.6 Å². The highest BCUT2D eigenvalue weighted by atomic mass is 35.5. The second-order valence-electron chi connectivity index (χ2n) is 1.58. The summed E-state index contributed by atoms with van der Waals surface area (Å²) in [6.45, 7) is -0.166. The maximum Gasteiger partial charge on any atom is 0.220 e. The first-order chi connectivity index (χ1) is 4.24. The largest absolute Gasteiger partial charge is 0.388 e. The number of rotatable bonds is 1. The zero-order valence-corrected chi connectivity index (χ0v) is 5.63. The van der Waals surface area contributed by atoms with Gasteiger partial charge >= 0.3 is 0 Å². The maximum atomic E-state index is 8.48. The van der Waals surface area contributed by atoms with E-state index in [2.05, 4.69) is 10.1 Å². The number of hydrogen-bond acceptors (Lipinski definition) is 3. The lowest BCUT2D eigenvalue weighted by Gasteiger charge is -1.83. The van der Waals surface area contributed by atoms with Gasteiger partial charge in [-0.2, -0.15) is 10.1 Å². The number of hydrogen-bond donors (Lipinski definition) is 1. The molecule has 0 fully saturated rings. The number of aromatic nitrogens is 3. The molecule has 0 atom stereocenters. The Balaban J connectivity index is 2.98. The van der Waals surface area contributed by atoms with E-state index in [0.717, 1.165) is 0 Å². The van der Waals surface area contributed by atoms with Crippen molar-refractivity contribution in [2.45, 2.75) is 6.61 Å². The molecule has 0 aliphatic rings. The molecule has 0 aliphatic carbocycles. The van der Waals surface area contributed by atoms with Crippen LogP contribution in [0.5, 0.6) is 0 Å². The first kappa shape index (κ1) is 6.51. The Labute approximate surface area is 57.1 Å². The monoisotopic (exact) mass is 147 g/mol. The fourth-order valence-electron chi connectivity index (χ4n) is 0.483. The van der Waals surface area contributed by atoms with Gasteiger partial charge in [-0.05, 0) is 11.6 Å². The highest BCUT2D eigenvalue weighted by molar-refractivity contribution is 6.28. The van der Waals surface area contributed by atoms with Crippen molar-refractivity contribution >= 4 is 11.6 Å². The lowest BCUT2D eigenvalue weighted by atomic mass is 10.7. The summed E-state index contributed by atoms with van der Waals surface area (Å²) in [7, 11) is 1.66. The molecule has 5 heteroatoms. The number of halogens is 1. The Morgan fingerprint density at radius 2 is 2.44 bits per heavy atom. The van der Waals surface area contributed by atoms with Gasteiger partial charge in [-0.25, -0.2) is 4.68 Å². The second-order valence-corrected chi connectivity index (χ2v) is 1.92. The zero-order chi connectivity index (χ0) is 6.85. The van der Waals surface area contributed by atoms with Crippen molar-refractivity contribution < 1.29 is 5.11 Å². The molecule has 4 nitrogen and oxygen atoms in total. The molecular formula is C4H6ClN3O. The summed E-state index contributed by atoms with van der Waals surface area (Å²) < 4.78 is 1.40. The van der Waals surface area contributed by atoms with Gasteiger partial charge in [0, 0.05) is 7.05 Å². The lowest BCUT2D eigenvalue weighted by molar-refractivity contribution is 0.271. The van der Waals surface area contributed by atoms with Gasteiger partial charge in [-0.1, -0.05) is 0 Å². The quantitative estimate of drug-likeness (QED) is 0.607. The molecule has 1 aromatic heterocycles. The van der Waals surface area contributed by atoms with Gasteiger partial charge in [0.1, 0.15) is 6.61 Å². The van der Waals surface area contributed by atoms with Crippen LogP contribution in [-0.2, 0) is 13.7 Å². The topological polar surface area (TPSA) is 50.9 Å². The molecule has 0 aromatic carbocycles. The third-order valence-electron chi connectivity index (χ3n) is 0.895. The van der Waals surface area contributed by atoms with E-state index >= 15 is 0 Å². The van der Waals surface area contributed by atoms with Crippen LogP contribution in [0.4, 0.5) is 0 Å². The van der Waals surface area contributed by atoms with Gasteiger partial charge < -0.3 is 5.11 Å². The van der Waals surface area contributed by atoms with E-state index in [1.54, 1.807) is 7.05 Å². The molecule has 1 aromatic rings. The lowest BCUT2D eigenvalue weighted by Crippen LogP contribution is -1.91. The van der Waals surface area contributed by atoms with Gasteiger partial charge in [0.15, 0.2) is 5.82 Å². The van der Waals surface area contributed by atoms with Crippen LogP contribution in [-0.4, -0.2) is 19.9 Å². The van der Waals surface area contributed by atoms with Crippen LogP contribution in [0.25, 0.3) is 0 Å². The van der Waals surface area contributed by atoms with Crippen LogP contribution < -0.4 is 0 Å². The zero-order valence-electron chi connectivity index (χ0n) is 4.87. The van der Waals surface area contributed by atoms with Crippen molar-refractivity contribution in [2.75, 3.05) is 0 Å². The van der Waals surface area contributed by atoms with Crippen LogP contribution in [0.2, 0.25) is 5.28 Å². The van der Waals surface area contributed by atoms with Crippen LogP contribution in [0, 0.1) is 0 Å². The van der Waals surface area contributed by atoms with Crippen LogP contribution in [0.3, 0.4) is 0 Å². The fourth-order valence-corrected chi connectivity index (χ4v) is 0.618. The average molecular weight is 148 g/mol. The van der Waals surface area contributed by atoms with E-state index in [1.807, 2.05) is 0 Å². The summed E-state index contributed by atoms with van der Waals surface area (Å²) in [6, 6.07) is 0. The second kappa shape index (κ2) is 2.33. The summed E-state index contributed by atoms with van der Waals surface area (Å²) in [5.41, 5.74) is 0. The summed E-state index contributed by atoms with van der Waals surface area (Å²) in [6.07, 6.45) is 0. The molecular weight excluding hydrogens is 142 g/mol. The van der Waals surface area contributed by atoms with Crippen molar-refractivity contribution in [1.29, 1.82) is 0 Å². The van der Waals surface area contributed by atoms with Gasteiger partial charge in [-0.15, -0.1) is 0 Å². The third kappa shape index (κ3) is 1.20. The van der Waals surface area contributed by atoms with Crippen LogP contribution in [0.1, 0.15) is 5.82 Å². The summed E-state index contributed by atoms with van der Waals surface area (Å²) in [4.78, 5) is 3.70. The molecule has 1 heterocycles. The molecule has 50 valence electrons. The molecule has 0 radical (unpaired) electrons. The minimum absolute atomic E-state index is 0.166. The van der Waals surface area contributed by atoms with Gasteiger partial charge in [0.2, 0.25) is 5.28 Å².